The van der Waals surface area contributed by atoms with E-state index in [-0.39, 0.29) is 5.41 Å². The zero-order valence-electron chi connectivity index (χ0n) is 11.0. The van der Waals surface area contributed by atoms with E-state index in [4.69, 9.17) is 17.3 Å². The van der Waals surface area contributed by atoms with Gasteiger partial charge in [0.15, 0.2) is 0 Å². The molecule has 1 fully saturated rings. The van der Waals surface area contributed by atoms with Crippen LogP contribution in [-0.2, 0) is 6.42 Å². The van der Waals surface area contributed by atoms with Gasteiger partial charge in [-0.15, -0.1) is 0 Å². The number of halogens is 1. The topological polar surface area (TPSA) is 43.8 Å². The summed E-state index contributed by atoms with van der Waals surface area (Å²) in [6.07, 6.45) is 5.77. The van der Waals surface area contributed by atoms with Crippen molar-refractivity contribution in [2.45, 2.75) is 58.9 Å². The molecule has 0 atom stereocenters. The van der Waals surface area contributed by atoms with Crippen molar-refractivity contribution < 1.29 is 0 Å². The summed E-state index contributed by atoms with van der Waals surface area (Å²) in [5.41, 5.74) is 7.20. The lowest BCUT2D eigenvalue weighted by Gasteiger charge is -2.16. The molecule has 96 valence electrons. The maximum atomic E-state index is 6.29. The first-order chi connectivity index (χ1) is 7.88. The molecule has 0 spiro atoms. The lowest BCUT2D eigenvalue weighted by Crippen LogP contribution is -2.12. The molecule has 3 nitrogen and oxygen atoms in total. The Morgan fingerprint density at radius 2 is 1.94 bits per heavy atom. The van der Waals surface area contributed by atoms with Crippen LogP contribution in [0.1, 0.15) is 58.2 Å². The fourth-order valence-corrected chi connectivity index (χ4v) is 2.71. The zero-order chi connectivity index (χ0) is 12.6. The minimum atomic E-state index is 0.185. The fourth-order valence-electron chi connectivity index (χ4n) is 2.52. The number of hydrogen-bond donors (Lipinski definition) is 1. The van der Waals surface area contributed by atoms with Crippen molar-refractivity contribution in [3.05, 3.63) is 10.7 Å². The van der Waals surface area contributed by atoms with E-state index >= 15 is 0 Å². The van der Waals surface area contributed by atoms with Crippen LogP contribution in [-0.4, -0.2) is 9.78 Å². The highest BCUT2D eigenvalue weighted by molar-refractivity contribution is 6.33. The predicted octanol–water partition coefficient (Wildman–Crippen LogP) is 3.82. The smallest absolute Gasteiger partial charge is 0.141 e. The second-order valence-electron chi connectivity index (χ2n) is 6.27. The molecule has 0 amide bonds. The molecule has 0 bridgehead atoms. The summed E-state index contributed by atoms with van der Waals surface area (Å²) in [5, 5.41) is 5.30. The molecule has 2 N–H and O–H groups in total. The van der Waals surface area contributed by atoms with Crippen LogP contribution in [0, 0.1) is 5.41 Å². The van der Waals surface area contributed by atoms with E-state index < -0.39 is 0 Å². The van der Waals surface area contributed by atoms with Crippen LogP contribution in [0.15, 0.2) is 0 Å². The molecule has 1 saturated carbocycles. The summed E-state index contributed by atoms with van der Waals surface area (Å²) >= 11 is 6.29. The van der Waals surface area contributed by atoms with Crippen molar-refractivity contribution in [3.8, 4) is 0 Å². The number of nitrogens with two attached hydrogens (primary N) is 1. The Labute approximate surface area is 108 Å². The molecule has 17 heavy (non-hydrogen) atoms. The van der Waals surface area contributed by atoms with Gasteiger partial charge < -0.3 is 5.73 Å². The van der Waals surface area contributed by atoms with Gasteiger partial charge in [0.05, 0.1) is 11.7 Å². The SMILES string of the molecule is CC(C)(C)Cc1nn(C2CCCC2)c(N)c1Cl. The monoisotopic (exact) mass is 255 g/mol. The molecule has 1 heterocycles. The van der Waals surface area contributed by atoms with E-state index in [1.165, 1.54) is 25.7 Å². The van der Waals surface area contributed by atoms with Crippen molar-refractivity contribution in [2.75, 3.05) is 5.73 Å². The maximum absolute atomic E-state index is 6.29. The number of hydrogen-bond acceptors (Lipinski definition) is 2. The molecule has 1 aromatic rings. The van der Waals surface area contributed by atoms with E-state index in [2.05, 4.69) is 25.9 Å². The normalized spacial score (nSPS) is 17.9. The van der Waals surface area contributed by atoms with Crippen LogP contribution in [0.5, 0.6) is 0 Å². The van der Waals surface area contributed by atoms with Crippen molar-refractivity contribution in [3.63, 3.8) is 0 Å². The van der Waals surface area contributed by atoms with E-state index in [1.807, 2.05) is 4.68 Å². The standard InChI is InChI=1S/C13H22ClN3/c1-13(2,3)8-10-11(14)12(15)17(16-10)9-6-4-5-7-9/h9H,4-8,15H2,1-3H3. The minimum Gasteiger partial charge on any atom is -0.383 e. The van der Waals surface area contributed by atoms with Crippen LogP contribution < -0.4 is 5.73 Å². The van der Waals surface area contributed by atoms with Gasteiger partial charge in [-0.05, 0) is 24.7 Å². The highest BCUT2D eigenvalue weighted by Gasteiger charge is 2.25. The number of aromatic nitrogens is 2. The first-order valence-electron chi connectivity index (χ1n) is 6.41. The summed E-state index contributed by atoms with van der Waals surface area (Å²) < 4.78 is 1.95. The van der Waals surface area contributed by atoms with E-state index in [9.17, 15) is 0 Å². The summed E-state index contributed by atoms with van der Waals surface area (Å²) in [5.74, 6) is 0.651. The van der Waals surface area contributed by atoms with Gasteiger partial charge in [-0.3, -0.25) is 0 Å². The number of nitrogens with zero attached hydrogens (tertiary/aromatic N) is 2. The van der Waals surface area contributed by atoms with Crippen LogP contribution in [0.25, 0.3) is 0 Å². The van der Waals surface area contributed by atoms with Gasteiger partial charge in [0, 0.05) is 0 Å². The van der Waals surface area contributed by atoms with Crippen LogP contribution >= 0.6 is 11.6 Å². The maximum Gasteiger partial charge on any atom is 0.141 e. The molecule has 2 rings (SSSR count). The average Bonchev–Trinajstić information content (AvgIpc) is 2.80. The molecular formula is C13H22ClN3. The molecule has 0 saturated heterocycles. The summed E-state index contributed by atoms with van der Waals surface area (Å²) in [7, 11) is 0. The second kappa shape index (κ2) is 4.52. The Hall–Kier alpha value is -0.700. The van der Waals surface area contributed by atoms with Crippen molar-refractivity contribution in [1.29, 1.82) is 0 Å². The second-order valence-corrected chi connectivity index (χ2v) is 6.64. The Morgan fingerprint density at radius 3 is 2.47 bits per heavy atom. The van der Waals surface area contributed by atoms with Crippen molar-refractivity contribution in [1.82, 2.24) is 9.78 Å². The van der Waals surface area contributed by atoms with Crippen molar-refractivity contribution >= 4 is 17.4 Å². The van der Waals surface area contributed by atoms with Crippen molar-refractivity contribution in [2.24, 2.45) is 5.41 Å². The quantitative estimate of drug-likeness (QED) is 0.873. The van der Waals surface area contributed by atoms with Crippen LogP contribution in [0.2, 0.25) is 5.02 Å². The molecule has 4 heteroatoms. The lowest BCUT2D eigenvalue weighted by molar-refractivity contribution is 0.397. The Balaban J connectivity index is 2.27. The molecule has 1 aromatic heterocycles. The number of nitrogen functional groups attached to an aromatic ring is 1. The molecule has 0 radical (unpaired) electrons. The fraction of sp³-hybridized carbons (Fsp3) is 0.769. The summed E-state index contributed by atoms with van der Waals surface area (Å²) in [6, 6.07) is 0.459. The zero-order valence-corrected chi connectivity index (χ0v) is 11.7. The molecule has 1 aliphatic carbocycles. The van der Waals surface area contributed by atoms with Gasteiger partial charge in [-0.1, -0.05) is 45.2 Å². The van der Waals surface area contributed by atoms with E-state index in [1.54, 1.807) is 0 Å². The average molecular weight is 256 g/mol. The van der Waals surface area contributed by atoms with Gasteiger partial charge in [0.2, 0.25) is 0 Å². The first kappa shape index (κ1) is 12.7. The Bertz CT molecular complexity index is 398. The first-order valence-corrected chi connectivity index (χ1v) is 6.78. The number of rotatable bonds is 2. The molecule has 1 aliphatic rings. The van der Waals surface area contributed by atoms with Gasteiger partial charge in [0.1, 0.15) is 10.8 Å². The van der Waals surface area contributed by atoms with Crippen LogP contribution in [0.3, 0.4) is 0 Å². The van der Waals surface area contributed by atoms with Gasteiger partial charge in [-0.25, -0.2) is 4.68 Å². The summed E-state index contributed by atoms with van der Waals surface area (Å²) in [4.78, 5) is 0. The lowest BCUT2D eigenvalue weighted by atomic mass is 9.91. The molecule has 0 aliphatic heterocycles. The third-order valence-corrected chi connectivity index (χ3v) is 3.73. The molecule has 0 unspecified atom stereocenters. The summed E-state index contributed by atoms with van der Waals surface area (Å²) in [6.45, 7) is 6.57. The highest BCUT2D eigenvalue weighted by atomic mass is 35.5. The Morgan fingerprint density at radius 1 is 1.35 bits per heavy atom. The highest BCUT2D eigenvalue weighted by Crippen LogP contribution is 2.36. The van der Waals surface area contributed by atoms with Crippen LogP contribution in [0.4, 0.5) is 5.82 Å². The number of anilines is 1. The van der Waals surface area contributed by atoms with Gasteiger partial charge >= 0.3 is 0 Å². The van der Waals surface area contributed by atoms with E-state index in [0.29, 0.717) is 16.9 Å². The predicted molar refractivity (Wildman–Crippen MR) is 72.3 cm³/mol. The molecular weight excluding hydrogens is 234 g/mol. The molecule has 0 aromatic carbocycles. The largest absolute Gasteiger partial charge is 0.383 e. The third kappa shape index (κ3) is 2.76. The Kier molecular flexibility index (Phi) is 3.39. The van der Waals surface area contributed by atoms with E-state index in [0.717, 1.165) is 12.1 Å². The third-order valence-electron chi connectivity index (χ3n) is 3.32. The van der Waals surface area contributed by atoms with Gasteiger partial charge in [0.25, 0.3) is 0 Å². The van der Waals surface area contributed by atoms with Gasteiger partial charge in [-0.2, -0.15) is 5.10 Å². The minimum absolute atomic E-state index is 0.185.